The highest BCUT2D eigenvalue weighted by molar-refractivity contribution is 8.14. The Balaban J connectivity index is 3.55. The number of hydrogen-bond donors (Lipinski definition) is 1. The lowest BCUT2D eigenvalue weighted by Gasteiger charge is -2.11. The van der Waals surface area contributed by atoms with E-state index in [2.05, 4.69) is 0 Å². The fourth-order valence-corrected chi connectivity index (χ4v) is 3.41. The lowest BCUT2D eigenvalue weighted by atomic mass is 10.1. The number of nitriles is 1. The van der Waals surface area contributed by atoms with Gasteiger partial charge in [0, 0.05) is 22.1 Å². The Morgan fingerprint density at radius 1 is 1.42 bits per heavy atom. The molecular weight excluding hydrogens is 325 g/mol. The highest BCUT2D eigenvalue weighted by Crippen LogP contribution is 2.41. The molecule has 0 aromatic heterocycles. The summed E-state index contributed by atoms with van der Waals surface area (Å²) in [5.74, 6) is 0. The van der Waals surface area contributed by atoms with Crippen LogP contribution in [0.5, 0.6) is 0 Å². The average molecular weight is 331 g/mol. The van der Waals surface area contributed by atoms with E-state index in [-0.39, 0.29) is 17.7 Å². The van der Waals surface area contributed by atoms with Crippen molar-refractivity contribution in [3.05, 3.63) is 23.3 Å². The van der Waals surface area contributed by atoms with Gasteiger partial charge in [-0.25, -0.2) is 8.42 Å². The molecule has 0 atom stereocenters. The van der Waals surface area contributed by atoms with Gasteiger partial charge in [-0.05, 0) is 29.5 Å². The van der Waals surface area contributed by atoms with Crippen molar-refractivity contribution in [2.24, 2.45) is 5.73 Å². The molecule has 4 nitrogen and oxygen atoms in total. The molecule has 104 valence electrons. The molecule has 2 N–H and O–H groups in total. The molecule has 0 amide bonds. The second-order valence-electron chi connectivity index (χ2n) is 3.26. The molecule has 0 aliphatic carbocycles. The topological polar surface area (TPSA) is 84.0 Å². The van der Waals surface area contributed by atoms with E-state index in [1.54, 1.807) is 6.07 Å². The Morgan fingerprint density at radius 2 is 2.00 bits per heavy atom. The molecule has 0 saturated heterocycles. The van der Waals surface area contributed by atoms with Gasteiger partial charge in [-0.15, -0.1) is 0 Å². The van der Waals surface area contributed by atoms with Crippen LogP contribution < -0.4 is 5.73 Å². The molecule has 0 radical (unpaired) electrons. The van der Waals surface area contributed by atoms with Crippen LogP contribution in [0.3, 0.4) is 0 Å². The first-order valence-electron chi connectivity index (χ1n) is 4.56. The van der Waals surface area contributed by atoms with E-state index in [9.17, 15) is 21.6 Å². The summed E-state index contributed by atoms with van der Waals surface area (Å²) >= 11 is -0.626. The highest BCUT2D eigenvalue weighted by Gasteiger charge is 2.33. The molecule has 0 aliphatic heterocycles. The van der Waals surface area contributed by atoms with Gasteiger partial charge in [-0.3, -0.25) is 0 Å². The van der Waals surface area contributed by atoms with Gasteiger partial charge in [0.05, 0.1) is 16.5 Å². The lowest BCUT2D eigenvalue weighted by molar-refractivity contribution is -0.0328. The Hall–Kier alpha value is -0.950. The van der Waals surface area contributed by atoms with E-state index in [1.807, 2.05) is 0 Å². The van der Waals surface area contributed by atoms with Gasteiger partial charge in [0.1, 0.15) is 0 Å². The van der Waals surface area contributed by atoms with E-state index in [4.69, 9.17) is 21.7 Å². The molecule has 0 bridgehead atoms. The van der Waals surface area contributed by atoms with E-state index in [0.717, 1.165) is 12.1 Å². The Kier molecular flexibility index (Phi) is 4.73. The van der Waals surface area contributed by atoms with Gasteiger partial charge < -0.3 is 5.73 Å². The molecule has 0 aliphatic rings. The summed E-state index contributed by atoms with van der Waals surface area (Å²) in [6, 6.07) is 3.35. The molecule has 0 spiro atoms. The fourth-order valence-electron chi connectivity index (χ4n) is 1.27. The number of halogens is 4. The summed E-state index contributed by atoms with van der Waals surface area (Å²) in [4.78, 5) is -1.37. The van der Waals surface area contributed by atoms with Crippen molar-refractivity contribution in [2.75, 3.05) is 0 Å². The van der Waals surface area contributed by atoms with Crippen LogP contribution in [0.4, 0.5) is 13.2 Å². The minimum absolute atomic E-state index is 0.110. The minimum atomic E-state index is -4.68. The highest BCUT2D eigenvalue weighted by atomic mass is 35.7. The van der Waals surface area contributed by atoms with Gasteiger partial charge in [0.15, 0.2) is 0 Å². The molecule has 19 heavy (non-hydrogen) atoms. The second-order valence-corrected chi connectivity index (χ2v) is 6.90. The minimum Gasteiger partial charge on any atom is -0.326 e. The number of hydrogen-bond acceptors (Lipinski definition) is 5. The van der Waals surface area contributed by atoms with Crippen LogP contribution >= 0.6 is 22.4 Å². The quantitative estimate of drug-likeness (QED) is 0.680. The number of benzene rings is 1. The van der Waals surface area contributed by atoms with Crippen molar-refractivity contribution in [3.63, 3.8) is 0 Å². The van der Waals surface area contributed by atoms with Crippen LogP contribution in [0.2, 0.25) is 0 Å². The summed E-state index contributed by atoms with van der Waals surface area (Å²) in [7, 11) is 0.664. The van der Waals surface area contributed by atoms with Crippen molar-refractivity contribution < 1.29 is 21.6 Å². The normalized spacial score (nSPS) is 12.2. The van der Waals surface area contributed by atoms with Crippen molar-refractivity contribution in [3.8, 4) is 6.07 Å². The Labute approximate surface area is 115 Å². The average Bonchev–Trinajstić information content (AvgIpc) is 2.24. The molecule has 1 aromatic rings. The van der Waals surface area contributed by atoms with E-state index >= 15 is 0 Å². The molecule has 0 unspecified atom stereocenters. The van der Waals surface area contributed by atoms with Crippen molar-refractivity contribution in [1.82, 2.24) is 0 Å². The van der Waals surface area contributed by atoms with Gasteiger partial charge in [0.2, 0.25) is 0 Å². The van der Waals surface area contributed by atoms with Gasteiger partial charge in [-0.2, -0.15) is 18.4 Å². The molecule has 1 aromatic carbocycles. The largest absolute Gasteiger partial charge is 0.446 e. The zero-order valence-corrected chi connectivity index (χ0v) is 11.4. The maximum Gasteiger partial charge on any atom is 0.446 e. The first-order valence-corrected chi connectivity index (χ1v) is 7.68. The Bertz CT molecular complexity index is 638. The predicted molar refractivity (Wildman–Crippen MR) is 64.0 cm³/mol. The Morgan fingerprint density at radius 3 is 2.37 bits per heavy atom. The first-order chi connectivity index (χ1) is 8.58. The lowest BCUT2D eigenvalue weighted by Crippen LogP contribution is -2.06. The third-order valence-corrected chi connectivity index (χ3v) is 4.28. The van der Waals surface area contributed by atoms with Gasteiger partial charge in [0.25, 0.3) is 9.05 Å². The van der Waals surface area contributed by atoms with Crippen molar-refractivity contribution >= 4 is 31.5 Å². The number of nitrogens with two attached hydrogens (primary N) is 1. The molecule has 0 heterocycles. The standard InChI is InChI=1S/C9H6ClF3N2O2S2/c10-19(16,17)8-2-6(4-15)5(3-14)1-7(8)18-9(11,12)13/h1-2H,3,14H2. The van der Waals surface area contributed by atoms with Gasteiger partial charge >= 0.3 is 5.51 Å². The maximum absolute atomic E-state index is 12.4. The number of nitrogens with zero attached hydrogens (tertiary/aromatic N) is 1. The van der Waals surface area contributed by atoms with Crippen molar-refractivity contribution in [1.29, 1.82) is 5.26 Å². The van der Waals surface area contributed by atoms with Crippen LogP contribution in [-0.4, -0.2) is 13.9 Å². The zero-order chi connectivity index (χ0) is 14.8. The third-order valence-electron chi connectivity index (χ3n) is 2.00. The van der Waals surface area contributed by atoms with Crippen molar-refractivity contribution in [2.45, 2.75) is 21.8 Å². The van der Waals surface area contributed by atoms with Crippen LogP contribution in [0, 0.1) is 11.3 Å². The molecule has 10 heteroatoms. The summed E-state index contributed by atoms with van der Waals surface area (Å²) in [6.07, 6.45) is 0. The number of thioether (sulfide) groups is 1. The van der Waals surface area contributed by atoms with Crippen LogP contribution in [0.1, 0.15) is 11.1 Å². The summed E-state index contributed by atoms with van der Waals surface area (Å²) in [5.41, 5.74) is 0.588. The van der Waals surface area contributed by atoms with Crippen LogP contribution in [-0.2, 0) is 15.6 Å². The second kappa shape index (κ2) is 5.58. The molecular formula is C9H6ClF3N2O2S2. The number of rotatable bonds is 3. The van der Waals surface area contributed by atoms with Crippen LogP contribution in [0.15, 0.2) is 21.9 Å². The monoisotopic (exact) mass is 330 g/mol. The third kappa shape index (κ3) is 4.28. The van der Waals surface area contributed by atoms with Crippen LogP contribution in [0.25, 0.3) is 0 Å². The van der Waals surface area contributed by atoms with E-state index < -0.39 is 36.1 Å². The van der Waals surface area contributed by atoms with E-state index in [0.29, 0.717) is 0 Å². The van der Waals surface area contributed by atoms with E-state index in [1.165, 1.54) is 0 Å². The summed E-state index contributed by atoms with van der Waals surface area (Å²) in [5, 5.41) is 8.79. The number of alkyl halides is 3. The first kappa shape index (κ1) is 16.1. The summed E-state index contributed by atoms with van der Waals surface area (Å²) in [6.45, 7) is -0.197. The predicted octanol–water partition coefficient (Wildman–Crippen LogP) is 2.56. The summed E-state index contributed by atoms with van der Waals surface area (Å²) < 4.78 is 59.6. The molecule has 0 fully saturated rings. The zero-order valence-electron chi connectivity index (χ0n) is 9.03. The maximum atomic E-state index is 12.4. The molecule has 0 saturated carbocycles. The SMILES string of the molecule is N#Cc1cc(S(=O)(=O)Cl)c(SC(F)(F)F)cc1CN. The molecule has 1 rings (SSSR count). The van der Waals surface area contributed by atoms with Gasteiger partial charge in [-0.1, -0.05) is 0 Å². The smallest absolute Gasteiger partial charge is 0.326 e. The fraction of sp³-hybridized carbons (Fsp3) is 0.222.